The van der Waals surface area contributed by atoms with Crippen molar-refractivity contribution in [2.24, 2.45) is 0 Å². The van der Waals surface area contributed by atoms with Gasteiger partial charge in [0.2, 0.25) is 11.9 Å². The molecular formula is C52H50F2N16O2. The zero-order valence-corrected chi connectivity index (χ0v) is 39.7. The van der Waals surface area contributed by atoms with E-state index in [-0.39, 0.29) is 34.6 Å². The van der Waals surface area contributed by atoms with E-state index in [1.54, 1.807) is 45.5 Å². The molecule has 0 unspecified atom stereocenters. The minimum absolute atomic E-state index is 0.00236. The molecule has 8 aromatic rings. The van der Waals surface area contributed by atoms with E-state index in [1.807, 2.05) is 60.0 Å². The molecule has 2 aliphatic rings. The first-order chi connectivity index (χ1) is 34.9. The highest BCUT2D eigenvalue weighted by molar-refractivity contribution is 5.91. The molecule has 6 heterocycles. The van der Waals surface area contributed by atoms with Gasteiger partial charge in [0.1, 0.15) is 46.2 Å². The highest BCUT2D eigenvalue weighted by atomic mass is 19.1. The van der Waals surface area contributed by atoms with Crippen molar-refractivity contribution in [3.63, 3.8) is 0 Å². The fraction of sp³-hybridized carbons (Fsp3) is 0.269. The minimum Gasteiger partial charge on any atom is -0.368 e. The molecule has 4 N–H and O–H groups in total. The highest BCUT2D eigenvalue weighted by Gasteiger charge is 2.24. The third kappa shape index (κ3) is 9.99. The van der Waals surface area contributed by atoms with Crippen LogP contribution in [0.4, 0.5) is 32.1 Å². The monoisotopic (exact) mass is 968 g/mol. The molecule has 2 aliphatic heterocycles. The number of benzene rings is 4. The Morgan fingerprint density at radius 1 is 0.528 bits per heavy atom. The Morgan fingerprint density at radius 2 is 0.917 bits per heavy atom. The van der Waals surface area contributed by atoms with Crippen LogP contribution in [-0.4, -0.2) is 114 Å². The number of nitrogens with two attached hydrogens (primary N) is 2. The second-order valence-corrected chi connectivity index (χ2v) is 17.5. The van der Waals surface area contributed by atoms with Gasteiger partial charge in [-0.1, -0.05) is 60.7 Å². The summed E-state index contributed by atoms with van der Waals surface area (Å²) in [4.78, 5) is 60.2. The van der Waals surface area contributed by atoms with Crippen molar-refractivity contribution in [2.45, 2.75) is 26.9 Å². The van der Waals surface area contributed by atoms with E-state index in [1.165, 1.54) is 24.5 Å². The number of aromatic nitrogens is 8. The van der Waals surface area contributed by atoms with Gasteiger partial charge in [0.15, 0.2) is 11.3 Å². The second-order valence-electron chi connectivity index (χ2n) is 17.5. The molecule has 0 amide bonds. The first-order valence-electron chi connectivity index (χ1n) is 23.4. The molecule has 0 saturated carbocycles. The SMILES string of the molecule is Cc1cccc(-c2nc(N)nc3c2ncc(=O)n3CCN2CCN(c3ccccc3F)CC2)c1C#N.Cc1cccc(-c2nc(N)nc3c2ncc(=O)n3CCN2CCN(c3ccccc3F)CC2)c1C#N. The van der Waals surface area contributed by atoms with Gasteiger partial charge in [-0.05, 0) is 49.2 Å². The average molecular weight is 969 g/mol. The summed E-state index contributed by atoms with van der Waals surface area (Å²) in [6.07, 6.45) is 2.51. The molecule has 4 aromatic heterocycles. The maximum atomic E-state index is 14.2. The molecule has 4 aromatic carbocycles. The highest BCUT2D eigenvalue weighted by Crippen LogP contribution is 2.31. The Morgan fingerprint density at radius 3 is 1.29 bits per heavy atom. The number of halogens is 2. The molecule has 2 fully saturated rings. The number of anilines is 4. The van der Waals surface area contributed by atoms with Crippen LogP contribution in [0.15, 0.2) is 107 Å². The van der Waals surface area contributed by atoms with Gasteiger partial charge in [0, 0.05) is 89.7 Å². The number of hydrogen-bond acceptors (Lipinski definition) is 16. The summed E-state index contributed by atoms with van der Waals surface area (Å²) in [5.74, 6) is -0.436. The van der Waals surface area contributed by atoms with Crippen LogP contribution in [0.25, 0.3) is 44.8 Å². The summed E-state index contributed by atoms with van der Waals surface area (Å²) < 4.78 is 31.4. The van der Waals surface area contributed by atoms with E-state index in [0.717, 1.165) is 37.3 Å². The summed E-state index contributed by atoms with van der Waals surface area (Å²) >= 11 is 0. The molecule has 0 bridgehead atoms. The fourth-order valence-electron chi connectivity index (χ4n) is 9.28. The van der Waals surface area contributed by atoms with E-state index in [0.29, 0.717) is 120 Å². The van der Waals surface area contributed by atoms with Gasteiger partial charge in [0.25, 0.3) is 11.1 Å². The van der Waals surface area contributed by atoms with Crippen molar-refractivity contribution in [1.82, 2.24) is 48.8 Å². The van der Waals surface area contributed by atoms with Crippen LogP contribution < -0.4 is 32.4 Å². The number of nitrogen functional groups attached to an aromatic ring is 2. The third-order valence-corrected chi connectivity index (χ3v) is 13.1. The zero-order chi connectivity index (χ0) is 50.5. The van der Waals surface area contributed by atoms with Gasteiger partial charge in [0.05, 0.1) is 34.9 Å². The lowest BCUT2D eigenvalue weighted by atomic mass is 10.00. The molecule has 18 nitrogen and oxygen atoms in total. The number of rotatable bonds is 10. The Bertz CT molecular complexity index is 3300. The molecule has 20 heteroatoms. The molecular weight excluding hydrogens is 919 g/mol. The number of hydrogen-bond donors (Lipinski definition) is 2. The van der Waals surface area contributed by atoms with Crippen molar-refractivity contribution in [1.29, 1.82) is 10.5 Å². The van der Waals surface area contributed by atoms with Crippen LogP contribution in [0.3, 0.4) is 0 Å². The summed E-state index contributed by atoms with van der Waals surface area (Å²) in [5, 5.41) is 19.4. The normalized spacial score (nSPS) is 14.2. The molecule has 10 rings (SSSR count). The topological polar surface area (TPSA) is 234 Å². The lowest BCUT2D eigenvalue weighted by Crippen LogP contribution is -2.47. The van der Waals surface area contributed by atoms with Crippen LogP contribution in [0.2, 0.25) is 0 Å². The molecule has 0 atom stereocenters. The third-order valence-electron chi connectivity index (χ3n) is 13.1. The minimum atomic E-state index is -0.290. The van der Waals surface area contributed by atoms with Gasteiger partial charge < -0.3 is 21.3 Å². The van der Waals surface area contributed by atoms with Gasteiger partial charge in [-0.25, -0.2) is 28.7 Å². The molecule has 0 radical (unpaired) electrons. The first kappa shape index (κ1) is 48.3. The van der Waals surface area contributed by atoms with Gasteiger partial charge in [-0.3, -0.25) is 28.5 Å². The standard InChI is InChI=1S/2C26H25FN8O/c2*1-17-5-4-6-18(19(17)15-28)23-24-25(32-26(29)31-23)35(22(36)16-30-24)14-11-33-9-12-34(13-10-33)21-8-3-2-7-20(21)27/h2*2-8,16H,9-14H2,1H3,(H2,29,31,32). The lowest BCUT2D eigenvalue weighted by Gasteiger charge is -2.36. The number of nitrogens with zero attached hydrogens (tertiary/aromatic N) is 14. The van der Waals surface area contributed by atoms with Crippen molar-refractivity contribution < 1.29 is 8.78 Å². The molecule has 0 aliphatic carbocycles. The Hall–Kier alpha value is -8.72. The van der Waals surface area contributed by atoms with E-state index in [4.69, 9.17) is 11.5 Å². The van der Waals surface area contributed by atoms with Crippen molar-refractivity contribution >= 4 is 45.6 Å². The van der Waals surface area contributed by atoms with Crippen molar-refractivity contribution in [3.8, 4) is 34.7 Å². The molecule has 2 saturated heterocycles. The van der Waals surface area contributed by atoms with Gasteiger partial charge >= 0.3 is 0 Å². The Labute approximate surface area is 412 Å². The fourth-order valence-corrected chi connectivity index (χ4v) is 9.28. The van der Waals surface area contributed by atoms with E-state index in [2.05, 4.69) is 51.8 Å². The smallest absolute Gasteiger partial charge is 0.270 e. The van der Waals surface area contributed by atoms with Crippen LogP contribution in [-0.2, 0) is 13.1 Å². The number of fused-ring (bicyclic) bond motifs is 2. The van der Waals surface area contributed by atoms with Crippen LogP contribution in [0.1, 0.15) is 22.3 Å². The quantitative estimate of drug-likeness (QED) is 0.180. The van der Waals surface area contributed by atoms with Crippen molar-refractivity contribution in [2.75, 3.05) is 86.7 Å². The predicted octanol–water partition coefficient (Wildman–Crippen LogP) is 5.15. The maximum Gasteiger partial charge on any atom is 0.270 e. The summed E-state index contributed by atoms with van der Waals surface area (Å²) in [6, 6.07) is 29.0. The van der Waals surface area contributed by atoms with Crippen molar-refractivity contribution in [3.05, 3.63) is 152 Å². The number of para-hydroxylation sites is 2. The van der Waals surface area contributed by atoms with E-state index in [9.17, 15) is 28.9 Å². The summed E-state index contributed by atoms with van der Waals surface area (Å²) in [7, 11) is 0. The summed E-state index contributed by atoms with van der Waals surface area (Å²) in [5.41, 5.74) is 18.8. The molecule has 72 heavy (non-hydrogen) atoms. The summed E-state index contributed by atoms with van der Waals surface area (Å²) in [6.45, 7) is 11.4. The van der Waals surface area contributed by atoms with Crippen LogP contribution >= 0.6 is 0 Å². The van der Waals surface area contributed by atoms with Crippen LogP contribution in [0, 0.1) is 48.1 Å². The second kappa shape index (κ2) is 21.1. The predicted molar refractivity (Wildman–Crippen MR) is 272 cm³/mol. The maximum absolute atomic E-state index is 14.2. The first-order valence-corrected chi connectivity index (χ1v) is 23.4. The van der Waals surface area contributed by atoms with Gasteiger partial charge in [-0.15, -0.1) is 0 Å². The van der Waals surface area contributed by atoms with E-state index < -0.39 is 0 Å². The average Bonchev–Trinajstić information content (AvgIpc) is 3.38. The zero-order valence-electron chi connectivity index (χ0n) is 39.7. The molecule has 0 spiro atoms. The Kier molecular flexibility index (Phi) is 14.2. The number of aryl methyl sites for hydroxylation is 2. The van der Waals surface area contributed by atoms with Gasteiger partial charge in [-0.2, -0.15) is 20.5 Å². The lowest BCUT2D eigenvalue weighted by molar-refractivity contribution is 0.247. The van der Waals surface area contributed by atoms with E-state index >= 15 is 0 Å². The number of nitriles is 2. The van der Waals surface area contributed by atoms with Crippen LogP contribution in [0.5, 0.6) is 0 Å². The largest absolute Gasteiger partial charge is 0.368 e. The number of piperazine rings is 2. The molecule has 364 valence electrons. The Balaban J connectivity index is 0.000000178.